The fourth-order valence-electron chi connectivity index (χ4n) is 5.63. The molecule has 1 aliphatic carbocycles. The minimum Gasteiger partial charge on any atom is -0.381 e. The lowest BCUT2D eigenvalue weighted by atomic mass is 9.83. The predicted octanol–water partition coefficient (Wildman–Crippen LogP) is 5.25. The minimum atomic E-state index is -0.886. The minimum absolute atomic E-state index is 0.0334. The van der Waals surface area contributed by atoms with Gasteiger partial charge < -0.3 is 14.8 Å². The molecule has 2 aromatic rings. The van der Waals surface area contributed by atoms with Crippen LogP contribution in [-0.4, -0.2) is 53.8 Å². The SMILES string of the molecule is CC1C=C(F)C=CC1C(=O)c1cc2cnn(C(=O)CC3CCOCC3)c2c(F)c1NC(=O)CC1CCOCC1. The molecule has 39 heavy (non-hydrogen) atoms. The van der Waals surface area contributed by atoms with Gasteiger partial charge in [0, 0.05) is 56.1 Å². The lowest BCUT2D eigenvalue weighted by Crippen LogP contribution is -2.26. The molecule has 3 heterocycles. The third-order valence-corrected chi connectivity index (χ3v) is 7.93. The number of halogens is 2. The van der Waals surface area contributed by atoms with Crippen molar-refractivity contribution in [3.05, 3.63) is 47.7 Å². The first-order valence-electron chi connectivity index (χ1n) is 13.6. The summed E-state index contributed by atoms with van der Waals surface area (Å²) in [5.74, 6) is -3.57. The average molecular weight is 542 g/mol. The fraction of sp³-hybridized carbons (Fsp3) is 0.517. The summed E-state index contributed by atoms with van der Waals surface area (Å²) in [7, 11) is 0. The fourth-order valence-corrected chi connectivity index (χ4v) is 5.63. The van der Waals surface area contributed by atoms with E-state index >= 15 is 4.39 Å². The summed E-state index contributed by atoms with van der Waals surface area (Å²) in [6.45, 7) is 3.98. The normalized spacial score (nSPS) is 22.6. The van der Waals surface area contributed by atoms with Crippen molar-refractivity contribution in [2.24, 2.45) is 23.7 Å². The van der Waals surface area contributed by atoms with Gasteiger partial charge in [0.2, 0.25) is 11.8 Å². The van der Waals surface area contributed by atoms with E-state index in [1.165, 1.54) is 30.5 Å². The molecule has 1 aromatic heterocycles. The van der Waals surface area contributed by atoms with Crippen molar-refractivity contribution >= 4 is 34.2 Å². The lowest BCUT2D eigenvalue weighted by Gasteiger charge is -2.23. The molecule has 1 N–H and O–H groups in total. The van der Waals surface area contributed by atoms with Gasteiger partial charge >= 0.3 is 0 Å². The Hall–Kier alpha value is -3.24. The number of amides is 1. The van der Waals surface area contributed by atoms with E-state index in [1.807, 2.05) is 0 Å². The van der Waals surface area contributed by atoms with Gasteiger partial charge in [-0.05, 0) is 61.7 Å². The number of benzene rings is 1. The van der Waals surface area contributed by atoms with Crippen molar-refractivity contribution < 1.29 is 32.6 Å². The number of hydrogen-bond donors (Lipinski definition) is 1. The van der Waals surface area contributed by atoms with Gasteiger partial charge in [-0.25, -0.2) is 8.78 Å². The van der Waals surface area contributed by atoms with Crippen molar-refractivity contribution in [2.45, 2.75) is 45.4 Å². The molecular weight excluding hydrogens is 508 g/mol. The standard InChI is InChI=1S/C29H33F2N3O5/c1-17-12-21(30)2-3-22(17)29(37)23-15-20-16-32-34(25(36)14-19-6-10-39-11-7-19)28(20)26(31)27(23)33-24(35)13-18-4-8-38-9-5-18/h2-3,12,15-19,22H,4-11,13-14H2,1H3,(H,33,35). The van der Waals surface area contributed by atoms with Crippen LogP contribution in [0.2, 0.25) is 0 Å². The van der Waals surface area contributed by atoms with Gasteiger partial charge in [0.25, 0.3) is 0 Å². The Balaban J connectivity index is 1.50. The van der Waals surface area contributed by atoms with Crippen LogP contribution in [0.25, 0.3) is 10.9 Å². The van der Waals surface area contributed by atoms with Gasteiger partial charge in [0.05, 0.1) is 11.9 Å². The highest BCUT2D eigenvalue weighted by molar-refractivity contribution is 6.10. The van der Waals surface area contributed by atoms with E-state index in [0.717, 1.165) is 30.4 Å². The van der Waals surface area contributed by atoms with Gasteiger partial charge in [-0.1, -0.05) is 13.0 Å². The van der Waals surface area contributed by atoms with E-state index in [2.05, 4.69) is 10.4 Å². The molecule has 2 aliphatic heterocycles. The number of carbonyl (C=O) groups is 3. The summed E-state index contributed by atoms with van der Waals surface area (Å²) in [5.41, 5.74) is -0.391. The van der Waals surface area contributed by atoms with Gasteiger partial charge in [-0.3, -0.25) is 14.4 Å². The van der Waals surface area contributed by atoms with Crippen LogP contribution in [-0.2, 0) is 14.3 Å². The topological polar surface area (TPSA) is 99.5 Å². The molecule has 0 spiro atoms. The molecule has 10 heteroatoms. The molecule has 2 atom stereocenters. The van der Waals surface area contributed by atoms with Gasteiger partial charge in [-0.2, -0.15) is 9.78 Å². The highest BCUT2D eigenvalue weighted by atomic mass is 19.1. The summed E-state index contributed by atoms with van der Waals surface area (Å²) in [6, 6.07) is 1.46. The highest BCUT2D eigenvalue weighted by Gasteiger charge is 2.32. The lowest BCUT2D eigenvalue weighted by molar-refractivity contribution is -0.117. The summed E-state index contributed by atoms with van der Waals surface area (Å²) in [4.78, 5) is 39.9. The number of anilines is 1. The Kier molecular flexibility index (Phi) is 8.32. The number of fused-ring (bicyclic) bond motifs is 1. The largest absolute Gasteiger partial charge is 0.381 e. The molecule has 8 nitrogen and oxygen atoms in total. The number of hydrogen-bond acceptors (Lipinski definition) is 6. The zero-order valence-corrected chi connectivity index (χ0v) is 22.0. The Morgan fingerprint density at radius 2 is 1.67 bits per heavy atom. The molecule has 0 radical (unpaired) electrons. The van der Waals surface area contributed by atoms with E-state index in [4.69, 9.17) is 9.47 Å². The summed E-state index contributed by atoms with van der Waals surface area (Å²) in [6.07, 6.45) is 8.62. The van der Waals surface area contributed by atoms with Crippen molar-refractivity contribution in [3.8, 4) is 0 Å². The van der Waals surface area contributed by atoms with Crippen LogP contribution in [0.5, 0.6) is 0 Å². The molecule has 208 valence electrons. The first kappa shape index (κ1) is 27.3. The highest BCUT2D eigenvalue weighted by Crippen LogP contribution is 2.35. The number of rotatable bonds is 7. The summed E-state index contributed by atoms with van der Waals surface area (Å²) in [5, 5.41) is 7.07. The van der Waals surface area contributed by atoms with E-state index in [0.29, 0.717) is 26.4 Å². The Bertz CT molecular complexity index is 1320. The second-order valence-corrected chi connectivity index (χ2v) is 10.7. The molecule has 2 unspecified atom stereocenters. The maximum atomic E-state index is 16.3. The van der Waals surface area contributed by atoms with Crippen LogP contribution in [0, 0.1) is 29.5 Å². The number of ether oxygens (including phenoxy) is 2. The zero-order valence-electron chi connectivity index (χ0n) is 22.0. The van der Waals surface area contributed by atoms with E-state index in [1.54, 1.807) is 6.92 Å². The maximum Gasteiger partial charge on any atom is 0.247 e. The maximum absolute atomic E-state index is 16.3. The van der Waals surface area contributed by atoms with Crippen LogP contribution in [0.1, 0.15) is 60.6 Å². The number of nitrogens with one attached hydrogen (secondary N) is 1. The number of Topliss-reactive ketones (excluding diaryl/α,β-unsaturated/α-hetero) is 1. The molecule has 5 rings (SSSR count). The van der Waals surface area contributed by atoms with Gasteiger partial charge in [0.1, 0.15) is 11.3 Å². The van der Waals surface area contributed by atoms with Crippen LogP contribution in [0.3, 0.4) is 0 Å². The van der Waals surface area contributed by atoms with Crippen molar-refractivity contribution in [1.29, 1.82) is 0 Å². The molecule has 0 bridgehead atoms. The third-order valence-electron chi connectivity index (χ3n) is 7.93. The number of aromatic nitrogens is 2. The molecule has 2 saturated heterocycles. The molecule has 1 aromatic carbocycles. The van der Waals surface area contributed by atoms with E-state index in [9.17, 15) is 18.8 Å². The van der Waals surface area contributed by atoms with Crippen LogP contribution >= 0.6 is 0 Å². The van der Waals surface area contributed by atoms with Gasteiger partial charge in [0.15, 0.2) is 11.6 Å². The Labute approximate surface area is 225 Å². The summed E-state index contributed by atoms with van der Waals surface area (Å²) >= 11 is 0. The van der Waals surface area contributed by atoms with Crippen LogP contribution in [0.4, 0.5) is 14.5 Å². The molecular formula is C29H33F2N3O5. The third kappa shape index (κ3) is 6.01. The second-order valence-electron chi connectivity index (χ2n) is 10.7. The number of nitrogens with zero attached hydrogens (tertiary/aromatic N) is 2. The smallest absolute Gasteiger partial charge is 0.247 e. The molecule has 3 aliphatic rings. The van der Waals surface area contributed by atoms with Crippen molar-refractivity contribution in [3.63, 3.8) is 0 Å². The van der Waals surface area contributed by atoms with Crippen LogP contribution in [0.15, 0.2) is 36.3 Å². The van der Waals surface area contributed by atoms with Gasteiger partial charge in [-0.15, -0.1) is 0 Å². The number of allylic oxidation sites excluding steroid dienone is 4. The number of carbonyl (C=O) groups excluding carboxylic acids is 3. The predicted molar refractivity (Wildman–Crippen MR) is 141 cm³/mol. The molecule has 1 amide bonds. The van der Waals surface area contributed by atoms with E-state index in [-0.39, 0.29) is 52.7 Å². The van der Waals surface area contributed by atoms with Crippen molar-refractivity contribution in [2.75, 3.05) is 31.7 Å². The first-order chi connectivity index (χ1) is 18.8. The van der Waals surface area contributed by atoms with Crippen molar-refractivity contribution in [1.82, 2.24) is 9.78 Å². The quantitative estimate of drug-likeness (QED) is 0.481. The Morgan fingerprint density at radius 3 is 2.31 bits per heavy atom. The summed E-state index contributed by atoms with van der Waals surface area (Å²) < 4.78 is 41.8. The second kappa shape index (κ2) is 11.9. The average Bonchev–Trinajstić information content (AvgIpc) is 3.35. The van der Waals surface area contributed by atoms with E-state index < -0.39 is 35.2 Å². The first-order valence-corrected chi connectivity index (χ1v) is 13.6. The zero-order chi connectivity index (χ0) is 27.5. The Morgan fingerprint density at radius 1 is 1.03 bits per heavy atom. The number of ketones is 1. The van der Waals surface area contributed by atoms with Crippen LogP contribution < -0.4 is 5.32 Å². The monoisotopic (exact) mass is 541 g/mol. The molecule has 0 saturated carbocycles. The molecule has 2 fully saturated rings.